The Hall–Kier alpha value is -1.31. The Labute approximate surface area is 93.8 Å². The number of hydrogen-bond acceptors (Lipinski definition) is 4. The van der Waals surface area contributed by atoms with Crippen LogP contribution >= 0.6 is 0 Å². The van der Waals surface area contributed by atoms with Crippen molar-refractivity contribution in [1.29, 1.82) is 0 Å². The second kappa shape index (κ2) is 3.59. The number of carbonyl (C=O) groups is 2. The zero-order valence-corrected chi connectivity index (χ0v) is 8.58. The molecule has 1 heterocycles. The van der Waals surface area contributed by atoms with Gasteiger partial charge < -0.3 is 10.4 Å². The second-order valence-electron chi connectivity index (χ2n) is 4.61. The molecule has 0 bridgehead atoms. The molecule has 0 radical (unpaired) electrons. The van der Waals surface area contributed by atoms with E-state index in [4.69, 9.17) is 5.11 Å². The predicted octanol–water partition coefficient (Wildman–Crippen LogP) is 0.502. The number of carboxylic acids is 1. The first-order chi connectivity index (χ1) is 7.83. The number of rotatable bonds is 3. The molecule has 2 rings (SSSR count). The molecule has 5 nitrogen and oxygen atoms in total. The van der Waals surface area contributed by atoms with E-state index in [-0.39, 0.29) is 19.4 Å². The summed E-state index contributed by atoms with van der Waals surface area (Å²) in [7, 11) is 0. The fourth-order valence-electron chi connectivity index (χ4n) is 2.65. The third-order valence-corrected chi connectivity index (χ3v) is 3.63. The molecule has 8 heteroatoms. The quantitative estimate of drug-likeness (QED) is 0.766. The maximum Gasteiger partial charge on any atom is 0.419 e. The van der Waals surface area contributed by atoms with Gasteiger partial charge in [-0.25, -0.2) is 9.74 Å². The summed E-state index contributed by atoms with van der Waals surface area (Å²) in [5.41, 5.74) is -0.930. The Bertz CT molecular complexity index is 367. The van der Waals surface area contributed by atoms with Crippen molar-refractivity contribution in [2.45, 2.75) is 24.8 Å². The summed E-state index contributed by atoms with van der Waals surface area (Å²) < 4.78 is 38.3. The summed E-state index contributed by atoms with van der Waals surface area (Å²) in [6, 6.07) is -1.55. The normalized spacial score (nSPS) is 35.9. The summed E-state index contributed by atoms with van der Waals surface area (Å²) >= 11 is 0. The number of carboxylic acid groups (broad SMARTS) is 1. The Balaban J connectivity index is 2.05. The van der Waals surface area contributed by atoms with E-state index in [1.165, 1.54) is 0 Å². The largest absolute Gasteiger partial charge is 0.481 e. The molecule has 1 aliphatic carbocycles. The molecule has 17 heavy (non-hydrogen) atoms. The predicted molar refractivity (Wildman–Crippen MR) is 46.7 cm³/mol. The molecule has 96 valence electrons. The van der Waals surface area contributed by atoms with E-state index in [9.17, 15) is 22.9 Å². The highest BCUT2D eigenvalue weighted by Gasteiger charge is 2.68. The first-order valence-corrected chi connectivity index (χ1v) is 5.00. The number of halogens is 3. The van der Waals surface area contributed by atoms with Gasteiger partial charge in [0.15, 0.2) is 0 Å². The summed E-state index contributed by atoms with van der Waals surface area (Å²) in [6.45, 7) is 0.205. The van der Waals surface area contributed by atoms with E-state index in [0.717, 1.165) is 0 Å². The van der Waals surface area contributed by atoms with Gasteiger partial charge in [-0.05, 0) is 12.8 Å². The molecule has 1 aliphatic heterocycles. The van der Waals surface area contributed by atoms with Gasteiger partial charge in [0, 0.05) is 16.5 Å². The van der Waals surface area contributed by atoms with Crippen molar-refractivity contribution >= 4 is 11.9 Å². The van der Waals surface area contributed by atoms with Gasteiger partial charge in [-0.15, -0.1) is 0 Å². The van der Waals surface area contributed by atoms with Gasteiger partial charge >= 0.3 is 17.9 Å². The summed E-state index contributed by atoms with van der Waals surface area (Å²) in [6.07, 6.45) is 0.129. The molecular formula is C9H10F3NO4. The van der Waals surface area contributed by atoms with E-state index in [1.807, 2.05) is 0 Å². The average molecular weight is 253 g/mol. The van der Waals surface area contributed by atoms with Crippen LogP contribution in [0, 0.1) is 11.3 Å². The molecule has 0 aromatic heterocycles. The van der Waals surface area contributed by atoms with Crippen LogP contribution in [0.5, 0.6) is 0 Å². The number of alkyl halides is 2. The fraction of sp³-hybridized carbons (Fsp3) is 0.778. The lowest BCUT2D eigenvalue weighted by Crippen LogP contribution is -2.75. The van der Waals surface area contributed by atoms with Crippen LogP contribution in [-0.4, -0.2) is 35.6 Å². The smallest absolute Gasteiger partial charge is 0.419 e. The molecule has 2 aliphatic rings. The second-order valence-corrected chi connectivity index (χ2v) is 4.61. The standard InChI is InChI=1S/C9H10F3NO4/c10-9(11,7(16)17-12)6-8(3-13-6)1-4(2-8)5(14)15/h4,6,13H,1-3H2,(H,14,15). The highest BCUT2D eigenvalue weighted by molar-refractivity contribution is 5.79. The average Bonchev–Trinajstić information content (AvgIpc) is 2.11. The third kappa shape index (κ3) is 1.58. The van der Waals surface area contributed by atoms with Crippen molar-refractivity contribution in [1.82, 2.24) is 5.32 Å². The first kappa shape index (κ1) is 12.2. The van der Waals surface area contributed by atoms with Gasteiger partial charge in [0.1, 0.15) is 0 Å². The molecule has 0 aromatic carbocycles. The Kier molecular flexibility index (Phi) is 2.57. The Morgan fingerprint density at radius 1 is 1.41 bits per heavy atom. The molecule has 1 atom stereocenters. The highest BCUT2D eigenvalue weighted by Crippen LogP contribution is 2.55. The molecule has 2 fully saturated rings. The molecule has 1 unspecified atom stereocenters. The minimum Gasteiger partial charge on any atom is -0.481 e. The molecular weight excluding hydrogens is 243 g/mol. The van der Waals surface area contributed by atoms with Gasteiger partial charge in [0.05, 0.1) is 12.0 Å². The lowest BCUT2D eigenvalue weighted by atomic mass is 9.53. The van der Waals surface area contributed by atoms with E-state index in [0.29, 0.717) is 0 Å². The molecule has 0 amide bonds. The lowest BCUT2D eigenvalue weighted by molar-refractivity contribution is -0.234. The van der Waals surface area contributed by atoms with Crippen LogP contribution in [0.1, 0.15) is 12.8 Å². The van der Waals surface area contributed by atoms with Gasteiger partial charge in [-0.1, -0.05) is 0 Å². The van der Waals surface area contributed by atoms with Crippen LogP contribution in [0.4, 0.5) is 13.3 Å². The minimum absolute atomic E-state index is 0.0646. The molecule has 1 saturated heterocycles. The van der Waals surface area contributed by atoms with Crippen LogP contribution in [0.15, 0.2) is 0 Å². The maximum atomic E-state index is 13.4. The minimum atomic E-state index is -3.98. The lowest BCUT2D eigenvalue weighted by Gasteiger charge is -2.59. The van der Waals surface area contributed by atoms with E-state index in [2.05, 4.69) is 10.3 Å². The molecule has 2 N–H and O–H groups in total. The van der Waals surface area contributed by atoms with Crippen LogP contribution in [-0.2, 0) is 14.5 Å². The third-order valence-electron chi connectivity index (χ3n) is 3.63. The molecule has 1 spiro atoms. The number of hydrogen-bond donors (Lipinski definition) is 2. The van der Waals surface area contributed by atoms with Crippen molar-refractivity contribution in [2.75, 3.05) is 6.54 Å². The van der Waals surface area contributed by atoms with Crippen LogP contribution in [0.2, 0.25) is 0 Å². The van der Waals surface area contributed by atoms with Crippen LogP contribution < -0.4 is 5.32 Å². The Morgan fingerprint density at radius 3 is 2.35 bits per heavy atom. The van der Waals surface area contributed by atoms with Gasteiger partial charge in [-0.3, -0.25) is 4.79 Å². The van der Waals surface area contributed by atoms with E-state index in [1.54, 1.807) is 0 Å². The van der Waals surface area contributed by atoms with Crippen molar-refractivity contribution in [3.8, 4) is 0 Å². The Morgan fingerprint density at radius 2 is 2.00 bits per heavy atom. The number of carbonyl (C=O) groups excluding carboxylic acids is 1. The maximum absolute atomic E-state index is 13.4. The molecule has 1 saturated carbocycles. The van der Waals surface area contributed by atoms with Crippen molar-refractivity contribution in [2.24, 2.45) is 11.3 Å². The fourth-order valence-corrected chi connectivity index (χ4v) is 2.65. The SMILES string of the molecule is O=C(O)C1CC2(CNC2C(F)(F)C(=O)OF)C1. The van der Waals surface area contributed by atoms with Gasteiger partial charge in [0.2, 0.25) is 0 Å². The van der Waals surface area contributed by atoms with Crippen molar-refractivity contribution in [3.05, 3.63) is 0 Å². The summed E-state index contributed by atoms with van der Waals surface area (Å²) in [5, 5.41) is 11.0. The van der Waals surface area contributed by atoms with Crippen molar-refractivity contribution in [3.63, 3.8) is 0 Å². The van der Waals surface area contributed by atoms with Crippen LogP contribution in [0.25, 0.3) is 0 Å². The zero-order valence-electron chi connectivity index (χ0n) is 8.58. The van der Waals surface area contributed by atoms with Gasteiger partial charge in [-0.2, -0.15) is 8.78 Å². The first-order valence-electron chi connectivity index (χ1n) is 5.00. The van der Waals surface area contributed by atoms with Crippen molar-refractivity contribution < 1.29 is 32.9 Å². The highest BCUT2D eigenvalue weighted by atomic mass is 19.3. The number of aliphatic carboxylic acids is 1. The zero-order chi connectivity index (χ0) is 12.8. The monoisotopic (exact) mass is 253 g/mol. The van der Waals surface area contributed by atoms with Crippen LogP contribution in [0.3, 0.4) is 0 Å². The van der Waals surface area contributed by atoms with E-state index >= 15 is 0 Å². The van der Waals surface area contributed by atoms with Gasteiger partial charge in [0.25, 0.3) is 0 Å². The summed E-state index contributed by atoms with van der Waals surface area (Å²) in [5.74, 6) is -7.93. The van der Waals surface area contributed by atoms with E-state index < -0.39 is 35.2 Å². The topological polar surface area (TPSA) is 75.6 Å². The molecule has 0 aromatic rings. The number of nitrogens with one attached hydrogen (secondary N) is 1. The summed E-state index contributed by atoms with van der Waals surface area (Å²) in [4.78, 5) is 23.8.